The number of piperidine rings is 1. The molecular formula is C13H25NO2. The molecule has 0 aromatic heterocycles. The lowest BCUT2D eigenvalue weighted by atomic mass is 9.83. The molecule has 0 bridgehead atoms. The Balaban J connectivity index is 2.68. The van der Waals surface area contributed by atoms with Crippen molar-refractivity contribution in [1.82, 2.24) is 4.90 Å². The van der Waals surface area contributed by atoms with Gasteiger partial charge >= 0.3 is 0 Å². The van der Waals surface area contributed by atoms with E-state index >= 15 is 0 Å². The summed E-state index contributed by atoms with van der Waals surface area (Å²) in [5, 5.41) is 10.0. The fourth-order valence-electron chi connectivity index (χ4n) is 2.21. The van der Waals surface area contributed by atoms with Gasteiger partial charge in [0, 0.05) is 24.4 Å². The van der Waals surface area contributed by atoms with Gasteiger partial charge in [0.2, 0.25) is 5.91 Å². The number of rotatable bonds is 1. The second kappa shape index (κ2) is 4.36. The summed E-state index contributed by atoms with van der Waals surface area (Å²) >= 11 is 0. The van der Waals surface area contributed by atoms with Gasteiger partial charge in [-0.3, -0.25) is 4.79 Å². The van der Waals surface area contributed by atoms with Gasteiger partial charge in [-0.25, -0.2) is 0 Å². The lowest BCUT2D eigenvalue weighted by molar-refractivity contribution is -0.143. The highest BCUT2D eigenvalue weighted by Crippen LogP contribution is 2.29. The van der Waals surface area contributed by atoms with Crippen LogP contribution in [0.5, 0.6) is 0 Å². The van der Waals surface area contributed by atoms with E-state index in [1.807, 2.05) is 39.5 Å². The molecule has 0 aliphatic carbocycles. The van der Waals surface area contributed by atoms with Crippen LogP contribution < -0.4 is 0 Å². The topological polar surface area (TPSA) is 40.5 Å². The van der Waals surface area contributed by atoms with Gasteiger partial charge in [0.1, 0.15) is 0 Å². The van der Waals surface area contributed by atoms with E-state index in [0.717, 1.165) is 19.4 Å². The van der Waals surface area contributed by atoms with Crippen molar-refractivity contribution in [3.05, 3.63) is 0 Å². The maximum Gasteiger partial charge on any atom is 0.227 e. The van der Waals surface area contributed by atoms with Gasteiger partial charge in [-0.2, -0.15) is 0 Å². The molecular weight excluding hydrogens is 202 g/mol. The Hall–Kier alpha value is -0.570. The molecule has 1 aliphatic rings. The second-order valence-electron chi connectivity index (χ2n) is 6.49. The number of amides is 1. The summed E-state index contributed by atoms with van der Waals surface area (Å²) in [7, 11) is 0. The summed E-state index contributed by atoms with van der Waals surface area (Å²) in [4.78, 5) is 14.0. The van der Waals surface area contributed by atoms with Crippen molar-refractivity contribution in [2.45, 2.75) is 53.1 Å². The molecule has 3 nitrogen and oxygen atoms in total. The van der Waals surface area contributed by atoms with Crippen LogP contribution in [-0.4, -0.2) is 34.6 Å². The molecule has 0 radical (unpaired) electrons. The first kappa shape index (κ1) is 13.5. The quantitative estimate of drug-likeness (QED) is 0.744. The maximum atomic E-state index is 12.1. The van der Waals surface area contributed by atoms with Gasteiger partial charge in [-0.05, 0) is 26.7 Å². The highest BCUT2D eigenvalue weighted by Gasteiger charge is 2.35. The van der Waals surface area contributed by atoms with E-state index in [4.69, 9.17) is 0 Å². The Kier molecular flexibility index (Phi) is 3.68. The third-order valence-corrected chi connectivity index (χ3v) is 3.35. The molecule has 1 heterocycles. The predicted molar refractivity (Wildman–Crippen MR) is 65.1 cm³/mol. The Bertz CT molecular complexity index is 260. The Morgan fingerprint density at radius 1 is 1.25 bits per heavy atom. The number of hydrogen-bond acceptors (Lipinski definition) is 2. The number of carbonyl (C=O) groups is 1. The number of likely N-dealkylation sites (tertiary alicyclic amines) is 1. The van der Waals surface area contributed by atoms with Crippen molar-refractivity contribution in [2.24, 2.45) is 11.3 Å². The highest BCUT2D eigenvalue weighted by molar-refractivity contribution is 5.81. The van der Waals surface area contributed by atoms with Gasteiger partial charge in [-0.15, -0.1) is 0 Å². The van der Waals surface area contributed by atoms with Gasteiger partial charge in [0.15, 0.2) is 0 Å². The monoisotopic (exact) mass is 227 g/mol. The molecule has 0 aromatic carbocycles. The van der Waals surface area contributed by atoms with Crippen LogP contribution in [0.25, 0.3) is 0 Å². The molecule has 0 saturated carbocycles. The molecule has 94 valence electrons. The van der Waals surface area contributed by atoms with Crippen molar-refractivity contribution in [3.8, 4) is 0 Å². The minimum Gasteiger partial charge on any atom is -0.390 e. The van der Waals surface area contributed by atoms with Crippen molar-refractivity contribution in [1.29, 1.82) is 0 Å². The van der Waals surface area contributed by atoms with E-state index in [1.54, 1.807) is 0 Å². The predicted octanol–water partition coefficient (Wildman–Crippen LogP) is 2.04. The zero-order valence-electron chi connectivity index (χ0n) is 11.2. The average molecular weight is 227 g/mol. The van der Waals surface area contributed by atoms with Crippen LogP contribution in [-0.2, 0) is 4.79 Å². The minimum absolute atomic E-state index is 0.196. The van der Waals surface area contributed by atoms with Crippen molar-refractivity contribution in [2.75, 3.05) is 13.1 Å². The molecule has 1 atom stereocenters. The third-order valence-electron chi connectivity index (χ3n) is 3.35. The minimum atomic E-state index is -0.684. The molecule has 1 aliphatic heterocycles. The molecule has 0 aromatic rings. The first-order valence-corrected chi connectivity index (χ1v) is 6.14. The molecule has 1 rings (SSSR count). The van der Waals surface area contributed by atoms with E-state index in [9.17, 15) is 9.90 Å². The number of hydrogen-bond donors (Lipinski definition) is 1. The Labute approximate surface area is 98.8 Å². The average Bonchev–Trinajstić information content (AvgIpc) is 2.14. The summed E-state index contributed by atoms with van der Waals surface area (Å²) in [5.74, 6) is 0.397. The van der Waals surface area contributed by atoms with Crippen LogP contribution in [0.4, 0.5) is 0 Å². The molecule has 1 fully saturated rings. The SMILES string of the molecule is CC(C)(C)C(=O)N1CCCC(C(C)(C)O)C1. The second-order valence-corrected chi connectivity index (χ2v) is 6.49. The molecule has 16 heavy (non-hydrogen) atoms. The smallest absolute Gasteiger partial charge is 0.227 e. The first-order valence-electron chi connectivity index (χ1n) is 6.14. The largest absolute Gasteiger partial charge is 0.390 e. The van der Waals surface area contributed by atoms with Crippen molar-refractivity contribution >= 4 is 5.91 Å². The lowest BCUT2D eigenvalue weighted by Gasteiger charge is -2.40. The summed E-state index contributed by atoms with van der Waals surface area (Å²) in [5.41, 5.74) is -1.00. The maximum absolute atomic E-state index is 12.1. The number of nitrogens with zero attached hydrogens (tertiary/aromatic N) is 1. The van der Waals surface area contributed by atoms with E-state index in [0.29, 0.717) is 6.54 Å². The van der Waals surface area contributed by atoms with Gasteiger partial charge < -0.3 is 10.0 Å². The fourth-order valence-corrected chi connectivity index (χ4v) is 2.21. The zero-order chi connectivity index (χ0) is 12.6. The zero-order valence-corrected chi connectivity index (χ0v) is 11.2. The first-order chi connectivity index (χ1) is 7.12. The molecule has 1 saturated heterocycles. The molecule has 0 spiro atoms. The fraction of sp³-hybridized carbons (Fsp3) is 0.923. The standard InChI is InChI=1S/C13H25NO2/c1-12(2,3)11(15)14-8-6-7-10(9-14)13(4,5)16/h10,16H,6-9H2,1-5H3. The number of aliphatic hydroxyl groups is 1. The summed E-state index contributed by atoms with van der Waals surface area (Å²) in [6.45, 7) is 11.0. The summed E-state index contributed by atoms with van der Waals surface area (Å²) in [6, 6.07) is 0. The van der Waals surface area contributed by atoms with Gasteiger partial charge in [0.25, 0.3) is 0 Å². The molecule has 3 heteroatoms. The summed E-state index contributed by atoms with van der Waals surface area (Å²) in [6.07, 6.45) is 2.01. The normalized spacial score (nSPS) is 23.4. The van der Waals surface area contributed by atoms with E-state index in [1.165, 1.54) is 0 Å². The molecule has 1 unspecified atom stereocenters. The van der Waals surface area contributed by atoms with Crippen LogP contribution in [0.3, 0.4) is 0 Å². The Morgan fingerprint density at radius 3 is 2.25 bits per heavy atom. The molecule has 1 amide bonds. The van der Waals surface area contributed by atoms with Crippen molar-refractivity contribution in [3.63, 3.8) is 0 Å². The molecule has 1 N–H and O–H groups in total. The van der Waals surface area contributed by atoms with E-state index < -0.39 is 5.60 Å². The lowest BCUT2D eigenvalue weighted by Crippen LogP contribution is -2.49. The van der Waals surface area contributed by atoms with Crippen LogP contribution in [0.1, 0.15) is 47.5 Å². The number of carbonyl (C=O) groups excluding carboxylic acids is 1. The highest BCUT2D eigenvalue weighted by atomic mass is 16.3. The van der Waals surface area contributed by atoms with Crippen LogP contribution in [0.15, 0.2) is 0 Å². The van der Waals surface area contributed by atoms with Crippen molar-refractivity contribution < 1.29 is 9.90 Å². The van der Waals surface area contributed by atoms with Crippen LogP contribution >= 0.6 is 0 Å². The summed E-state index contributed by atoms with van der Waals surface area (Å²) < 4.78 is 0. The van der Waals surface area contributed by atoms with Gasteiger partial charge in [-0.1, -0.05) is 20.8 Å². The third kappa shape index (κ3) is 3.21. The van der Waals surface area contributed by atoms with Crippen LogP contribution in [0, 0.1) is 11.3 Å². The van der Waals surface area contributed by atoms with E-state index in [2.05, 4.69) is 0 Å². The van der Waals surface area contributed by atoms with E-state index in [-0.39, 0.29) is 17.2 Å². The Morgan fingerprint density at radius 2 is 1.81 bits per heavy atom. The van der Waals surface area contributed by atoms with Crippen LogP contribution in [0.2, 0.25) is 0 Å². The van der Waals surface area contributed by atoms with Gasteiger partial charge in [0.05, 0.1) is 5.60 Å².